The third-order valence-electron chi connectivity index (χ3n) is 4.96. The Bertz CT molecular complexity index is 1080. The Morgan fingerprint density at radius 2 is 1.97 bits per heavy atom. The second kappa shape index (κ2) is 8.63. The predicted octanol–water partition coefficient (Wildman–Crippen LogP) is 4.89. The van der Waals surface area contributed by atoms with Crippen molar-refractivity contribution >= 4 is 29.1 Å². The second-order valence-electron chi connectivity index (χ2n) is 7.17. The minimum atomic E-state index is -0.298. The lowest BCUT2D eigenvalue weighted by atomic mass is 10.0. The van der Waals surface area contributed by atoms with E-state index in [1.807, 2.05) is 31.2 Å². The van der Waals surface area contributed by atoms with E-state index in [2.05, 4.69) is 10.6 Å². The van der Waals surface area contributed by atoms with E-state index < -0.39 is 0 Å². The van der Waals surface area contributed by atoms with Gasteiger partial charge in [-0.25, -0.2) is 0 Å². The lowest BCUT2D eigenvalue weighted by molar-refractivity contribution is -0.116. The molecular formula is C23H21ClN2O4. The van der Waals surface area contributed by atoms with Gasteiger partial charge in [0, 0.05) is 17.1 Å². The molecule has 0 saturated carbocycles. The van der Waals surface area contributed by atoms with E-state index in [1.165, 1.54) is 0 Å². The number of carbonyl (C=O) groups is 2. The molecule has 4 rings (SSSR count). The molecule has 7 heteroatoms. The molecule has 0 fully saturated rings. The van der Waals surface area contributed by atoms with Crippen molar-refractivity contribution in [3.05, 3.63) is 82.3 Å². The van der Waals surface area contributed by atoms with Gasteiger partial charge in [-0.1, -0.05) is 23.7 Å². The van der Waals surface area contributed by atoms with E-state index in [1.54, 1.807) is 30.3 Å². The zero-order chi connectivity index (χ0) is 21.1. The number of aryl methyl sites for hydroxylation is 1. The standard InChI is InChI=1S/C23H21ClN2O4/c1-14(15-2-5-17(24)6-3-15)25-23(28)21-10-8-19(30-21)13-29-18-7-9-20-16(12-18)4-11-22(27)26-20/h2-3,5-10,12,14H,4,11,13H2,1H3,(H,25,28)(H,26,27). The van der Waals surface area contributed by atoms with Crippen molar-refractivity contribution in [3.63, 3.8) is 0 Å². The van der Waals surface area contributed by atoms with Gasteiger partial charge in [0.25, 0.3) is 5.91 Å². The van der Waals surface area contributed by atoms with Crippen molar-refractivity contribution < 1.29 is 18.7 Å². The summed E-state index contributed by atoms with van der Waals surface area (Å²) in [5, 5.41) is 6.40. The van der Waals surface area contributed by atoms with Crippen LogP contribution < -0.4 is 15.4 Å². The van der Waals surface area contributed by atoms with Crippen molar-refractivity contribution in [3.8, 4) is 5.75 Å². The number of furan rings is 1. The lowest BCUT2D eigenvalue weighted by Gasteiger charge is -2.17. The average Bonchev–Trinajstić information content (AvgIpc) is 3.22. The summed E-state index contributed by atoms with van der Waals surface area (Å²) in [6, 6.07) is 16.0. The summed E-state index contributed by atoms with van der Waals surface area (Å²) in [4.78, 5) is 23.9. The molecule has 2 aromatic carbocycles. The topological polar surface area (TPSA) is 80.6 Å². The summed E-state index contributed by atoms with van der Waals surface area (Å²) in [5.41, 5.74) is 2.82. The SMILES string of the molecule is CC(NC(=O)c1ccc(COc2ccc3c(c2)CCC(=O)N3)o1)c1ccc(Cl)cc1. The fourth-order valence-electron chi connectivity index (χ4n) is 3.28. The number of hydrogen-bond donors (Lipinski definition) is 2. The number of nitrogens with one attached hydrogen (secondary N) is 2. The van der Waals surface area contributed by atoms with Gasteiger partial charge in [-0.15, -0.1) is 0 Å². The summed E-state index contributed by atoms with van der Waals surface area (Å²) in [6.07, 6.45) is 1.16. The lowest BCUT2D eigenvalue weighted by Crippen LogP contribution is -2.26. The maximum absolute atomic E-state index is 12.5. The quantitative estimate of drug-likeness (QED) is 0.590. The number of ether oxygens (including phenoxy) is 1. The summed E-state index contributed by atoms with van der Waals surface area (Å²) >= 11 is 5.90. The molecule has 2 amide bonds. The molecule has 1 aliphatic rings. The van der Waals surface area contributed by atoms with E-state index >= 15 is 0 Å². The fraction of sp³-hybridized carbons (Fsp3) is 0.217. The van der Waals surface area contributed by atoms with Gasteiger partial charge in [-0.3, -0.25) is 9.59 Å². The fourth-order valence-corrected chi connectivity index (χ4v) is 3.41. The summed E-state index contributed by atoms with van der Waals surface area (Å²) in [7, 11) is 0. The van der Waals surface area contributed by atoms with Crippen LogP contribution in [-0.2, 0) is 17.8 Å². The van der Waals surface area contributed by atoms with Crippen molar-refractivity contribution in [2.24, 2.45) is 0 Å². The highest BCUT2D eigenvalue weighted by Crippen LogP contribution is 2.27. The van der Waals surface area contributed by atoms with Gasteiger partial charge in [0.1, 0.15) is 18.1 Å². The van der Waals surface area contributed by atoms with E-state index in [4.69, 9.17) is 20.8 Å². The molecule has 0 saturated heterocycles. The van der Waals surface area contributed by atoms with Crippen LogP contribution >= 0.6 is 11.6 Å². The van der Waals surface area contributed by atoms with Gasteiger partial charge in [0.15, 0.2) is 5.76 Å². The van der Waals surface area contributed by atoms with Crippen LogP contribution in [0.4, 0.5) is 5.69 Å². The highest BCUT2D eigenvalue weighted by Gasteiger charge is 2.17. The molecule has 1 aliphatic heterocycles. The molecule has 0 radical (unpaired) electrons. The maximum atomic E-state index is 12.5. The average molecular weight is 425 g/mol. The highest BCUT2D eigenvalue weighted by atomic mass is 35.5. The Kier molecular flexibility index (Phi) is 5.77. The number of rotatable bonds is 6. The van der Waals surface area contributed by atoms with Gasteiger partial charge in [-0.05, 0) is 66.9 Å². The number of hydrogen-bond acceptors (Lipinski definition) is 4. The number of amides is 2. The third-order valence-corrected chi connectivity index (χ3v) is 5.21. The molecule has 3 aromatic rings. The number of halogens is 1. The maximum Gasteiger partial charge on any atom is 0.287 e. The van der Waals surface area contributed by atoms with Gasteiger partial charge < -0.3 is 19.8 Å². The van der Waals surface area contributed by atoms with E-state index in [0.29, 0.717) is 29.4 Å². The Morgan fingerprint density at radius 3 is 2.77 bits per heavy atom. The van der Waals surface area contributed by atoms with Crippen molar-refractivity contribution in [1.29, 1.82) is 0 Å². The normalized spacial score (nSPS) is 13.9. The highest BCUT2D eigenvalue weighted by molar-refractivity contribution is 6.30. The van der Waals surface area contributed by atoms with Gasteiger partial charge in [0.05, 0.1) is 6.04 Å². The smallest absolute Gasteiger partial charge is 0.287 e. The molecule has 0 bridgehead atoms. The van der Waals surface area contributed by atoms with Crippen LogP contribution in [0.25, 0.3) is 0 Å². The van der Waals surface area contributed by atoms with Crippen LogP contribution in [0.3, 0.4) is 0 Å². The van der Waals surface area contributed by atoms with E-state index in [-0.39, 0.29) is 30.2 Å². The molecule has 1 unspecified atom stereocenters. The molecule has 1 aromatic heterocycles. The first-order chi connectivity index (χ1) is 14.5. The van der Waals surface area contributed by atoms with Crippen LogP contribution in [0.5, 0.6) is 5.75 Å². The predicted molar refractivity (Wildman–Crippen MR) is 114 cm³/mol. The van der Waals surface area contributed by atoms with Crippen LogP contribution in [0.15, 0.2) is 59.0 Å². The Morgan fingerprint density at radius 1 is 1.17 bits per heavy atom. The van der Waals surface area contributed by atoms with Crippen molar-refractivity contribution in [1.82, 2.24) is 5.32 Å². The first-order valence-electron chi connectivity index (χ1n) is 9.68. The van der Waals surface area contributed by atoms with Crippen LogP contribution in [0.1, 0.15) is 46.8 Å². The van der Waals surface area contributed by atoms with Crippen LogP contribution in [0, 0.1) is 0 Å². The zero-order valence-corrected chi connectivity index (χ0v) is 17.2. The number of carbonyl (C=O) groups excluding carboxylic acids is 2. The summed E-state index contributed by atoms with van der Waals surface area (Å²) < 4.78 is 11.4. The third kappa shape index (κ3) is 4.66. The summed E-state index contributed by atoms with van der Waals surface area (Å²) in [5.74, 6) is 1.19. The Labute approximate surface area is 179 Å². The second-order valence-corrected chi connectivity index (χ2v) is 7.60. The molecule has 30 heavy (non-hydrogen) atoms. The van der Waals surface area contributed by atoms with Gasteiger partial charge in [-0.2, -0.15) is 0 Å². The minimum absolute atomic E-state index is 0.0305. The van der Waals surface area contributed by atoms with Gasteiger partial charge in [0.2, 0.25) is 5.91 Å². The number of fused-ring (bicyclic) bond motifs is 1. The van der Waals surface area contributed by atoms with Crippen molar-refractivity contribution in [2.75, 3.05) is 5.32 Å². The van der Waals surface area contributed by atoms with E-state index in [0.717, 1.165) is 16.8 Å². The Hall–Kier alpha value is -3.25. The molecule has 2 heterocycles. The molecule has 154 valence electrons. The molecule has 0 aliphatic carbocycles. The van der Waals surface area contributed by atoms with Crippen molar-refractivity contribution in [2.45, 2.75) is 32.4 Å². The zero-order valence-electron chi connectivity index (χ0n) is 16.4. The molecule has 0 spiro atoms. The number of benzene rings is 2. The molecule has 1 atom stereocenters. The van der Waals surface area contributed by atoms with Gasteiger partial charge >= 0.3 is 0 Å². The molecule has 2 N–H and O–H groups in total. The summed E-state index contributed by atoms with van der Waals surface area (Å²) in [6.45, 7) is 2.10. The minimum Gasteiger partial charge on any atom is -0.486 e. The number of anilines is 1. The largest absolute Gasteiger partial charge is 0.486 e. The van der Waals surface area contributed by atoms with Crippen LogP contribution in [-0.4, -0.2) is 11.8 Å². The first-order valence-corrected chi connectivity index (χ1v) is 10.1. The van der Waals surface area contributed by atoms with E-state index in [9.17, 15) is 9.59 Å². The van der Waals surface area contributed by atoms with Crippen LogP contribution in [0.2, 0.25) is 5.02 Å². The first kappa shape index (κ1) is 20.0. The molecular weight excluding hydrogens is 404 g/mol. The molecule has 6 nitrogen and oxygen atoms in total. The Balaban J connectivity index is 1.34. The monoisotopic (exact) mass is 424 g/mol.